The van der Waals surface area contributed by atoms with Crippen molar-refractivity contribution in [2.45, 2.75) is 38.3 Å². The molecule has 1 fully saturated rings. The topological polar surface area (TPSA) is 105 Å². The number of hydrogen-bond acceptors (Lipinski definition) is 6. The average Bonchev–Trinajstić information content (AvgIpc) is 2.77. The second-order valence-corrected chi connectivity index (χ2v) is 8.24. The van der Waals surface area contributed by atoms with Gasteiger partial charge in [-0.25, -0.2) is 0 Å². The first-order valence-corrected chi connectivity index (χ1v) is 10.6. The van der Waals surface area contributed by atoms with Crippen molar-refractivity contribution in [2.24, 2.45) is 17.6 Å². The van der Waals surface area contributed by atoms with E-state index in [9.17, 15) is 23.5 Å². The number of hydrogen-bond donors (Lipinski definition) is 3. The Morgan fingerprint density at radius 1 is 1.23 bits per heavy atom. The van der Waals surface area contributed by atoms with Crippen molar-refractivity contribution in [3.8, 4) is 0 Å². The summed E-state index contributed by atoms with van der Waals surface area (Å²) in [7, 11) is 0. The van der Waals surface area contributed by atoms with Crippen LogP contribution < -0.4 is 11.1 Å². The Bertz CT molecular complexity index is 712. The Balaban J connectivity index is 1.96. The highest BCUT2D eigenvalue weighted by molar-refractivity contribution is 5.86. The molecule has 4 N–H and O–H groups in total. The number of ketones is 1. The number of alkyl halides is 2. The lowest BCUT2D eigenvalue weighted by atomic mass is 9.81. The molecule has 0 aromatic heterocycles. The fourth-order valence-electron chi connectivity index (χ4n) is 3.59. The third-order valence-corrected chi connectivity index (χ3v) is 5.70. The predicted octanol–water partition coefficient (Wildman–Crippen LogP) is 1.36. The van der Waals surface area contributed by atoms with Crippen molar-refractivity contribution in [1.82, 2.24) is 10.2 Å². The van der Waals surface area contributed by atoms with E-state index in [0.717, 1.165) is 0 Å². The van der Waals surface area contributed by atoms with E-state index in [0.29, 0.717) is 38.4 Å². The number of nitrogens with one attached hydrogen (secondary N) is 1. The molecule has 3 atom stereocenters. The molecule has 0 unspecified atom stereocenters. The Morgan fingerprint density at radius 3 is 2.42 bits per heavy atom. The first-order valence-electron chi connectivity index (χ1n) is 10.6. The summed E-state index contributed by atoms with van der Waals surface area (Å²) in [6.07, 6.45) is -2.66. The van der Waals surface area contributed by atoms with Gasteiger partial charge in [0, 0.05) is 38.5 Å². The van der Waals surface area contributed by atoms with Gasteiger partial charge in [0.05, 0.1) is 19.3 Å². The van der Waals surface area contributed by atoms with E-state index in [1.54, 1.807) is 44.2 Å². The van der Waals surface area contributed by atoms with Crippen molar-refractivity contribution >= 4 is 11.7 Å². The van der Waals surface area contributed by atoms with Crippen molar-refractivity contribution in [1.29, 1.82) is 0 Å². The van der Waals surface area contributed by atoms with E-state index in [2.05, 4.69) is 5.32 Å². The Labute approximate surface area is 181 Å². The van der Waals surface area contributed by atoms with Gasteiger partial charge < -0.3 is 20.9 Å². The fraction of sp³-hybridized carbons (Fsp3) is 0.636. The highest BCUT2D eigenvalue weighted by Gasteiger charge is 2.51. The van der Waals surface area contributed by atoms with Gasteiger partial charge in [-0.15, -0.1) is 0 Å². The van der Waals surface area contributed by atoms with Gasteiger partial charge in [0.1, 0.15) is 6.10 Å². The van der Waals surface area contributed by atoms with Gasteiger partial charge in [0.2, 0.25) is 0 Å². The number of aliphatic hydroxyl groups excluding tert-OH is 1. The van der Waals surface area contributed by atoms with Crippen molar-refractivity contribution in [3.05, 3.63) is 35.9 Å². The highest BCUT2D eigenvalue weighted by atomic mass is 19.3. The second-order valence-electron chi connectivity index (χ2n) is 8.24. The van der Waals surface area contributed by atoms with Gasteiger partial charge in [-0.2, -0.15) is 8.78 Å². The van der Waals surface area contributed by atoms with Crippen LogP contribution in [0.15, 0.2) is 30.3 Å². The van der Waals surface area contributed by atoms with Crippen LogP contribution in [0.25, 0.3) is 0 Å². The summed E-state index contributed by atoms with van der Waals surface area (Å²) in [4.78, 5) is 26.8. The molecule has 1 amide bonds. The third kappa shape index (κ3) is 7.03. The van der Waals surface area contributed by atoms with E-state index >= 15 is 0 Å². The van der Waals surface area contributed by atoms with Gasteiger partial charge in [0.25, 0.3) is 5.91 Å². The fourth-order valence-corrected chi connectivity index (χ4v) is 3.59. The SMILES string of the molecule is CC(C)[C@H](CC(=O)[C@@H](N)c1ccccc1)[C@@H](O)C(F)(F)C(=O)NCCN1CCOCC1. The summed E-state index contributed by atoms with van der Waals surface area (Å²) < 4.78 is 34.7. The number of amides is 1. The highest BCUT2D eigenvalue weighted by Crippen LogP contribution is 2.32. The van der Waals surface area contributed by atoms with Crippen LogP contribution in [0.2, 0.25) is 0 Å². The van der Waals surface area contributed by atoms with Crippen LogP contribution in [0.3, 0.4) is 0 Å². The number of ether oxygens (including phenoxy) is 1. The minimum Gasteiger partial charge on any atom is -0.386 e. The Hall–Kier alpha value is -1.94. The van der Waals surface area contributed by atoms with Gasteiger partial charge in [-0.05, 0) is 11.5 Å². The molecule has 0 aliphatic carbocycles. The first kappa shape index (κ1) is 25.3. The molecule has 0 bridgehead atoms. The smallest absolute Gasteiger partial charge is 0.349 e. The third-order valence-electron chi connectivity index (χ3n) is 5.70. The minimum absolute atomic E-state index is 0.0330. The molecule has 1 aromatic carbocycles. The number of benzene rings is 1. The molecular weight excluding hydrogens is 408 g/mol. The zero-order valence-electron chi connectivity index (χ0n) is 18.1. The predicted molar refractivity (Wildman–Crippen MR) is 113 cm³/mol. The van der Waals surface area contributed by atoms with E-state index in [-0.39, 0.29) is 13.0 Å². The number of rotatable bonds is 11. The summed E-state index contributed by atoms with van der Waals surface area (Å²) in [6, 6.07) is 7.62. The lowest BCUT2D eigenvalue weighted by molar-refractivity contribution is -0.173. The van der Waals surface area contributed by atoms with Crippen LogP contribution >= 0.6 is 0 Å². The zero-order chi connectivity index (χ0) is 23.0. The molecule has 2 rings (SSSR count). The second kappa shape index (κ2) is 11.6. The molecule has 7 nitrogen and oxygen atoms in total. The van der Waals surface area contributed by atoms with Crippen molar-refractivity contribution in [3.63, 3.8) is 0 Å². The number of carbonyl (C=O) groups is 2. The number of aliphatic hydroxyl groups is 1. The van der Waals surface area contributed by atoms with Crippen molar-refractivity contribution in [2.75, 3.05) is 39.4 Å². The number of nitrogens with two attached hydrogens (primary N) is 1. The molecule has 0 spiro atoms. The van der Waals surface area contributed by atoms with Crippen LogP contribution in [0.5, 0.6) is 0 Å². The maximum absolute atomic E-state index is 14.7. The van der Waals surface area contributed by atoms with E-state index in [1.165, 1.54) is 0 Å². The lowest BCUT2D eigenvalue weighted by Crippen LogP contribution is -2.53. The molecular formula is C22H33F2N3O4. The summed E-state index contributed by atoms with van der Waals surface area (Å²) in [5.74, 6) is -7.63. The summed E-state index contributed by atoms with van der Waals surface area (Å²) >= 11 is 0. The molecule has 1 aliphatic heterocycles. The average molecular weight is 442 g/mol. The maximum Gasteiger partial charge on any atom is 0.349 e. The summed E-state index contributed by atoms with van der Waals surface area (Å²) in [5.41, 5.74) is 6.55. The van der Waals surface area contributed by atoms with Gasteiger partial charge >= 0.3 is 5.92 Å². The molecule has 1 aliphatic rings. The van der Waals surface area contributed by atoms with Crippen LogP contribution in [-0.2, 0) is 14.3 Å². The molecule has 1 aromatic rings. The molecule has 0 saturated carbocycles. The number of morpholine rings is 1. The van der Waals surface area contributed by atoms with Crippen LogP contribution in [0.4, 0.5) is 8.78 Å². The van der Waals surface area contributed by atoms with Crippen LogP contribution in [0, 0.1) is 11.8 Å². The van der Waals surface area contributed by atoms with Gasteiger partial charge in [-0.3, -0.25) is 14.5 Å². The zero-order valence-corrected chi connectivity index (χ0v) is 18.1. The number of halogens is 2. The molecule has 1 saturated heterocycles. The van der Waals surface area contributed by atoms with E-state index in [4.69, 9.17) is 10.5 Å². The monoisotopic (exact) mass is 441 g/mol. The lowest BCUT2D eigenvalue weighted by Gasteiger charge is -2.32. The van der Waals surface area contributed by atoms with E-state index < -0.39 is 41.6 Å². The number of nitrogens with zero attached hydrogens (tertiary/aromatic N) is 1. The molecule has 174 valence electrons. The van der Waals surface area contributed by atoms with Gasteiger partial charge in [0.15, 0.2) is 5.78 Å². The van der Waals surface area contributed by atoms with E-state index in [1.807, 2.05) is 4.90 Å². The molecule has 9 heteroatoms. The minimum atomic E-state index is -4.03. The number of carbonyl (C=O) groups excluding carboxylic acids is 2. The summed E-state index contributed by atoms with van der Waals surface area (Å²) in [6.45, 7) is 6.19. The Morgan fingerprint density at radius 2 is 1.84 bits per heavy atom. The van der Waals surface area contributed by atoms with Crippen LogP contribution in [0.1, 0.15) is 31.9 Å². The normalized spacial score (nSPS) is 18.4. The van der Waals surface area contributed by atoms with Crippen molar-refractivity contribution < 1.29 is 28.2 Å². The van der Waals surface area contributed by atoms with Gasteiger partial charge in [-0.1, -0.05) is 44.2 Å². The standard InChI is InChI=1S/C22H33F2N3O4/c1-15(2)17(14-18(28)19(25)16-6-4-3-5-7-16)20(29)22(23,24)21(30)26-8-9-27-10-12-31-13-11-27/h3-7,15,17,19-20,29H,8-14,25H2,1-2H3,(H,26,30)/t17-,19-,20+/m0/s1. The maximum atomic E-state index is 14.7. The molecule has 0 radical (unpaired) electrons. The molecule has 31 heavy (non-hydrogen) atoms. The quantitative estimate of drug-likeness (QED) is 0.479. The first-order chi connectivity index (χ1) is 14.6. The largest absolute Gasteiger partial charge is 0.386 e. The Kier molecular flexibility index (Phi) is 9.49. The van der Waals surface area contributed by atoms with Crippen LogP contribution in [-0.4, -0.2) is 73.1 Å². The summed E-state index contributed by atoms with van der Waals surface area (Å²) in [5, 5.41) is 12.6. The molecule has 1 heterocycles. The number of Topliss-reactive ketones (excluding diaryl/α,β-unsaturated/α-hetero) is 1.